The van der Waals surface area contributed by atoms with Crippen LogP contribution in [-0.2, 0) is 16.6 Å². The number of nitrogens with zero attached hydrogens (tertiary/aromatic N) is 3. The SMILES string of the molecule is COC(=O)C1(NC2CC2)CCC(Sc2ncnn2C)C1. The first kappa shape index (κ1) is 13.9. The Morgan fingerprint density at radius 3 is 2.95 bits per heavy atom. The molecule has 1 N–H and O–H groups in total. The smallest absolute Gasteiger partial charge is 0.326 e. The number of carbonyl (C=O) groups is 1. The first-order chi connectivity index (χ1) is 9.63. The Bertz CT molecular complexity index is 502. The van der Waals surface area contributed by atoms with Gasteiger partial charge in [0.1, 0.15) is 11.9 Å². The van der Waals surface area contributed by atoms with Crippen LogP contribution >= 0.6 is 11.8 Å². The van der Waals surface area contributed by atoms with Crippen molar-refractivity contribution < 1.29 is 9.53 Å². The quantitative estimate of drug-likeness (QED) is 0.821. The van der Waals surface area contributed by atoms with Crippen LogP contribution in [0.1, 0.15) is 32.1 Å². The van der Waals surface area contributed by atoms with Crippen LogP contribution in [0, 0.1) is 0 Å². The predicted molar refractivity (Wildman–Crippen MR) is 75.4 cm³/mol. The second-order valence-corrected chi connectivity index (χ2v) is 6.91. The average molecular weight is 296 g/mol. The molecule has 3 rings (SSSR count). The van der Waals surface area contributed by atoms with Gasteiger partial charge in [0.05, 0.1) is 7.11 Å². The molecule has 2 aliphatic carbocycles. The normalized spacial score (nSPS) is 29.6. The summed E-state index contributed by atoms with van der Waals surface area (Å²) in [5.41, 5.74) is -0.494. The number of rotatable bonds is 5. The van der Waals surface area contributed by atoms with Gasteiger partial charge in [-0.3, -0.25) is 10.1 Å². The maximum atomic E-state index is 12.2. The van der Waals surface area contributed by atoms with Gasteiger partial charge in [-0.1, -0.05) is 11.8 Å². The Balaban J connectivity index is 1.68. The molecule has 0 saturated heterocycles. The van der Waals surface area contributed by atoms with E-state index in [0.29, 0.717) is 11.3 Å². The summed E-state index contributed by atoms with van der Waals surface area (Å²) in [7, 11) is 3.36. The fourth-order valence-electron chi connectivity index (χ4n) is 2.83. The third-order valence-corrected chi connectivity index (χ3v) is 5.36. The van der Waals surface area contributed by atoms with Crippen molar-refractivity contribution in [2.24, 2.45) is 7.05 Å². The summed E-state index contributed by atoms with van der Waals surface area (Å²) >= 11 is 1.70. The van der Waals surface area contributed by atoms with Crippen molar-refractivity contribution in [2.75, 3.05) is 7.11 Å². The maximum absolute atomic E-state index is 12.2. The number of aryl methyl sites for hydroxylation is 1. The highest BCUT2D eigenvalue weighted by molar-refractivity contribution is 7.99. The van der Waals surface area contributed by atoms with E-state index >= 15 is 0 Å². The highest BCUT2D eigenvalue weighted by Gasteiger charge is 2.49. The van der Waals surface area contributed by atoms with Crippen molar-refractivity contribution >= 4 is 17.7 Å². The van der Waals surface area contributed by atoms with E-state index in [-0.39, 0.29) is 5.97 Å². The Morgan fingerprint density at radius 2 is 2.35 bits per heavy atom. The molecule has 0 aliphatic heterocycles. The third kappa shape index (κ3) is 2.69. The fourth-order valence-corrected chi connectivity index (χ4v) is 4.04. The van der Waals surface area contributed by atoms with Crippen LogP contribution in [0.3, 0.4) is 0 Å². The molecule has 2 fully saturated rings. The molecule has 1 aromatic rings. The zero-order chi connectivity index (χ0) is 14.2. The predicted octanol–water partition coefficient (Wildman–Crippen LogP) is 1.12. The van der Waals surface area contributed by atoms with E-state index < -0.39 is 5.54 Å². The molecule has 2 atom stereocenters. The second-order valence-electron chi connectivity index (χ2n) is 5.64. The van der Waals surface area contributed by atoms with E-state index in [2.05, 4.69) is 15.4 Å². The Morgan fingerprint density at radius 1 is 1.55 bits per heavy atom. The number of carbonyl (C=O) groups excluding carboxylic acids is 1. The Kier molecular flexibility index (Phi) is 3.72. The van der Waals surface area contributed by atoms with E-state index in [1.165, 1.54) is 20.0 Å². The molecule has 1 heterocycles. The molecule has 0 bridgehead atoms. The van der Waals surface area contributed by atoms with Crippen LogP contribution in [0.4, 0.5) is 0 Å². The number of thioether (sulfide) groups is 1. The van der Waals surface area contributed by atoms with Crippen LogP contribution in [0.25, 0.3) is 0 Å². The molecule has 0 radical (unpaired) electrons. The minimum absolute atomic E-state index is 0.120. The van der Waals surface area contributed by atoms with Gasteiger partial charge in [0.25, 0.3) is 0 Å². The first-order valence-electron chi connectivity index (χ1n) is 7.00. The van der Waals surface area contributed by atoms with E-state index in [4.69, 9.17) is 4.74 Å². The van der Waals surface area contributed by atoms with Crippen molar-refractivity contribution in [1.29, 1.82) is 0 Å². The van der Waals surface area contributed by atoms with Crippen LogP contribution in [0.5, 0.6) is 0 Å². The molecule has 6 nitrogen and oxygen atoms in total. The lowest BCUT2D eigenvalue weighted by molar-refractivity contribution is -0.148. The lowest BCUT2D eigenvalue weighted by Crippen LogP contribution is -2.52. The summed E-state index contributed by atoms with van der Waals surface area (Å²) in [5.74, 6) is -0.120. The first-order valence-corrected chi connectivity index (χ1v) is 7.88. The number of nitrogens with one attached hydrogen (secondary N) is 1. The van der Waals surface area contributed by atoms with Crippen LogP contribution < -0.4 is 5.32 Å². The number of esters is 1. The lowest BCUT2D eigenvalue weighted by atomic mass is 9.97. The number of methoxy groups -OCH3 is 1. The highest BCUT2D eigenvalue weighted by Crippen LogP contribution is 2.41. The topological polar surface area (TPSA) is 69.0 Å². The molecule has 0 spiro atoms. The van der Waals surface area contributed by atoms with Crippen molar-refractivity contribution in [2.45, 2.75) is 54.1 Å². The molecular formula is C13H20N4O2S. The minimum atomic E-state index is -0.494. The van der Waals surface area contributed by atoms with Crippen LogP contribution in [0.15, 0.2) is 11.5 Å². The van der Waals surface area contributed by atoms with Crippen molar-refractivity contribution in [1.82, 2.24) is 20.1 Å². The van der Waals surface area contributed by atoms with Gasteiger partial charge in [-0.05, 0) is 32.1 Å². The van der Waals surface area contributed by atoms with E-state index in [1.54, 1.807) is 22.8 Å². The Hall–Kier alpha value is -1.08. The van der Waals surface area contributed by atoms with Crippen molar-refractivity contribution in [3.05, 3.63) is 6.33 Å². The van der Waals surface area contributed by atoms with Crippen molar-refractivity contribution in [3.63, 3.8) is 0 Å². The van der Waals surface area contributed by atoms with Gasteiger partial charge in [-0.25, -0.2) is 9.67 Å². The maximum Gasteiger partial charge on any atom is 0.326 e. The number of aromatic nitrogens is 3. The molecule has 1 aromatic heterocycles. The van der Waals surface area contributed by atoms with Gasteiger partial charge in [0, 0.05) is 18.3 Å². The summed E-state index contributed by atoms with van der Waals surface area (Å²) in [6.07, 6.45) is 6.53. The molecule has 0 amide bonds. The van der Waals surface area contributed by atoms with Crippen LogP contribution in [0.2, 0.25) is 0 Å². The lowest BCUT2D eigenvalue weighted by Gasteiger charge is -2.27. The molecule has 2 saturated carbocycles. The summed E-state index contributed by atoms with van der Waals surface area (Å²) in [5, 5.41) is 8.88. The second kappa shape index (κ2) is 5.37. The summed E-state index contributed by atoms with van der Waals surface area (Å²) in [6, 6.07) is 0.493. The average Bonchev–Trinajstić information content (AvgIpc) is 3.02. The molecule has 20 heavy (non-hydrogen) atoms. The molecule has 110 valence electrons. The summed E-state index contributed by atoms with van der Waals surface area (Å²) in [4.78, 5) is 16.4. The molecular weight excluding hydrogens is 276 g/mol. The number of ether oxygens (including phenoxy) is 1. The fraction of sp³-hybridized carbons (Fsp3) is 0.769. The van der Waals surface area contributed by atoms with Gasteiger partial charge >= 0.3 is 5.97 Å². The molecule has 0 aromatic carbocycles. The van der Waals surface area contributed by atoms with Gasteiger partial charge in [0.2, 0.25) is 0 Å². The van der Waals surface area contributed by atoms with E-state index in [1.807, 2.05) is 7.05 Å². The number of hydrogen-bond acceptors (Lipinski definition) is 6. The molecule has 2 aliphatic rings. The van der Waals surface area contributed by atoms with Crippen LogP contribution in [-0.4, -0.2) is 44.7 Å². The van der Waals surface area contributed by atoms with Gasteiger partial charge in [-0.15, -0.1) is 0 Å². The summed E-state index contributed by atoms with van der Waals surface area (Å²) in [6.45, 7) is 0. The molecule has 7 heteroatoms. The third-order valence-electron chi connectivity index (χ3n) is 4.05. The van der Waals surface area contributed by atoms with Crippen molar-refractivity contribution in [3.8, 4) is 0 Å². The monoisotopic (exact) mass is 296 g/mol. The Labute approximate surface area is 122 Å². The highest BCUT2D eigenvalue weighted by atomic mass is 32.2. The van der Waals surface area contributed by atoms with Gasteiger partial charge in [-0.2, -0.15) is 5.10 Å². The number of hydrogen-bond donors (Lipinski definition) is 1. The minimum Gasteiger partial charge on any atom is -0.468 e. The largest absolute Gasteiger partial charge is 0.468 e. The van der Waals surface area contributed by atoms with Gasteiger partial charge in [0.15, 0.2) is 5.16 Å². The zero-order valence-corrected chi connectivity index (χ0v) is 12.7. The van der Waals surface area contributed by atoms with E-state index in [9.17, 15) is 4.79 Å². The van der Waals surface area contributed by atoms with Gasteiger partial charge < -0.3 is 4.74 Å². The molecule has 2 unspecified atom stereocenters. The summed E-state index contributed by atoms with van der Waals surface area (Å²) < 4.78 is 6.80. The standard InChI is InChI=1S/C13H20N4O2S/c1-17-12(14-8-15-17)20-10-5-6-13(7-10,11(18)19-2)16-9-3-4-9/h8-10,16H,3-7H2,1-2H3. The zero-order valence-electron chi connectivity index (χ0n) is 11.8. The van der Waals surface area contributed by atoms with E-state index in [0.717, 1.165) is 24.4 Å².